The Labute approximate surface area is 198 Å². The molecule has 149 valence electrons. The standard InChI is InChI=1S/C17H7F3O4S.Eu.2H2O/c18-17(19,20)15(22)12-13(21)11-9(24-16(12)23)6-5-8-7-3-1-2-4-10(7)25-14(8)11;;;/h1-6,21H;;2*1H2. The number of benzene rings is 2. The molecule has 5 N–H and O–H groups in total. The molecule has 0 saturated carbocycles. The first-order chi connectivity index (χ1) is 11.8. The fraction of sp³-hybridized carbons (Fsp3) is 0.0588. The monoisotopic (exact) mass is 553 g/mol. The van der Waals surface area contributed by atoms with Crippen LogP contribution in [0.5, 0.6) is 5.75 Å². The predicted molar refractivity (Wildman–Crippen MR) is 94.7 cm³/mol. The first kappa shape index (κ1) is 24.7. The van der Waals surface area contributed by atoms with Crippen molar-refractivity contribution in [1.82, 2.24) is 0 Å². The molecule has 0 aliphatic rings. The summed E-state index contributed by atoms with van der Waals surface area (Å²) in [5, 5.41) is 11.8. The third-order valence-electron chi connectivity index (χ3n) is 3.87. The van der Waals surface area contributed by atoms with Gasteiger partial charge in [-0.05, 0) is 18.2 Å². The maximum Gasteiger partial charge on any atom is 0.455 e. The van der Waals surface area contributed by atoms with Crippen LogP contribution in [-0.2, 0) is 0 Å². The molecule has 0 aliphatic carbocycles. The van der Waals surface area contributed by atoms with Gasteiger partial charge in [0.05, 0.1) is 10.1 Å². The molecule has 0 atom stereocenters. The number of carbonyl (C=O) groups is 1. The normalized spacial score (nSPS) is 11.0. The van der Waals surface area contributed by atoms with Crippen LogP contribution in [0.1, 0.15) is 10.4 Å². The molecule has 0 fully saturated rings. The van der Waals surface area contributed by atoms with Crippen LogP contribution in [0, 0.1) is 49.4 Å². The number of hydrogen-bond donors (Lipinski definition) is 1. The van der Waals surface area contributed by atoms with E-state index in [4.69, 9.17) is 4.42 Å². The van der Waals surface area contributed by atoms with Gasteiger partial charge in [-0.3, -0.25) is 4.79 Å². The zero-order valence-corrected chi connectivity index (χ0v) is 16.8. The van der Waals surface area contributed by atoms with Gasteiger partial charge in [-0.25, -0.2) is 4.79 Å². The van der Waals surface area contributed by atoms with E-state index in [1.165, 1.54) is 17.4 Å². The molecule has 0 saturated heterocycles. The SMILES string of the molecule is O.O.O=C(c1c(O)c2c(ccc3c4ccccc4sc32)oc1=O)C(F)(F)F.[Eu]. The Morgan fingerprint density at radius 2 is 1.68 bits per heavy atom. The van der Waals surface area contributed by atoms with Crippen LogP contribution in [0.15, 0.2) is 45.6 Å². The number of fused-ring (bicyclic) bond motifs is 5. The number of carbonyl (C=O) groups excluding carboxylic acids is 1. The van der Waals surface area contributed by atoms with Gasteiger partial charge in [-0.15, -0.1) is 11.3 Å². The number of ketones is 1. The van der Waals surface area contributed by atoms with E-state index in [0.717, 1.165) is 10.1 Å². The third kappa shape index (κ3) is 3.74. The van der Waals surface area contributed by atoms with Crippen LogP contribution in [0.2, 0.25) is 0 Å². The minimum Gasteiger partial charge on any atom is -0.506 e. The van der Waals surface area contributed by atoms with E-state index in [-0.39, 0.29) is 71.3 Å². The summed E-state index contributed by atoms with van der Waals surface area (Å²) in [6.07, 6.45) is -5.30. The Hall–Kier alpha value is -1.37. The van der Waals surface area contributed by atoms with Gasteiger partial charge in [0.2, 0.25) is 0 Å². The maximum atomic E-state index is 12.7. The van der Waals surface area contributed by atoms with Crippen molar-refractivity contribution in [3.63, 3.8) is 0 Å². The van der Waals surface area contributed by atoms with E-state index in [1.807, 2.05) is 18.2 Å². The van der Waals surface area contributed by atoms with Crippen LogP contribution in [0.3, 0.4) is 0 Å². The number of thiophene rings is 1. The summed E-state index contributed by atoms with van der Waals surface area (Å²) in [6.45, 7) is 0. The second kappa shape index (κ2) is 8.56. The average Bonchev–Trinajstić information content (AvgIpc) is 2.91. The molecule has 4 rings (SSSR count). The molecule has 0 amide bonds. The number of Topliss-reactive ketones (excluding diaryl/α,β-unsaturated/α-hetero) is 1. The van der Waals surface area contributed by atoms with Crippen LogP contribution in [0.25, 0.3) is 31.1 Å². The van der Waals surface area contributed by atoms with Gasteiger partial charge < -0.3 is 20.5 Å². The second-order valence-corrected chi connectivity index (χ2v) is 6.41. The Morgan fingerprint density at radius 1 is 1.04 bits per heavy atom. The van der Waals surface area contributed by atoms with Gasteiger partial charge in [0.1, 0.15) is 11.3 Å². The number of hydrogen-bond acceptors (Lipinski definition) is 5. The molecular weight excluding hydrogens is 541 g/mol. The smallest absolute Gasteiger partial charge is 0.455 e. The summed E-state index contributed by atoms with van der Waals surface area (Å²) in [5.74, 6) is -3.44. The van der Waals surface area contributed by atoms with E-state index in [1.54, 1.807) is 12.1 Å². The topological polar surface area (TPSA) is 131 Å². The Balaban J connectivity index is 0.00000131. The van der Waals surface area contributed by atoms with Gasteiger partial charge >= 0.3 is 11.8 Å². The van der Waals surface area contributed by atoms with E-state index in [2.05, 4.69) is 0 Å². The van der Waals surface area contributed by atoms with E-state index in [0.29, 0.717) is 10.1 Å². The summed E-state index contributed by atoms with van der Waals surface area (Å²) < 4.78 is 44.4. The Bertz CT molecular complexity index is 1250. The fourth-order valence-electron chi connectivity index (χ4n) is 2.79. The Kier molecular flexibility index (Phi) is 7.54. The second-order valence-electron chi connectivity index (χ2n) is 5.35. The van der Waals surface area contributed by atoms with Gasteiger partial charge in [0.25, 0.3) is 5.78 Å². The first-order valence-corrected chi connectivity index (χ1v) is 7.82. The van der Waals surface area contributed by atoms with Gasteiger partial charge in [0, 0.05) is 64.8 Å². The van der Waals surface area contributed by atoms with E-state index < -0.39 is 28.9 Å². The zero-order valence-electron chi connectivity index (χ0n) is 13.6. The van der Waals surface area contributed by atoms with Gasteiger partial charge in [-0.1, -0.05) is 18.2 Å². The van der Waals surface area contributed by atoms with Crippen molar-refractivity contribution in [3.8, 4) is 5.75 Å². The summed E-state index contributed by atoms with van der Waals surface area (Å²) >= 11 is 1.22. The van der Waals surface area contributed by atoms with Crippen molar-refractivity contribution in [3.05, 3.63) is 52.4 Å². The Morgan fingerprint density at radius 3 is 2.32 bits per heavy atom. The van der Waals surface area contributed by atoms with Crippen LogP contribution in [-0.4, -0.2) is 28.0 Å². The number of rotatable bonds is 1. The maximum absolute atomic E-state index is 12.7. The van der Waals surface area contributed by atoms with Crippen molar-refractivity contribution < 1.29 is 87.8 Å². The number of aromatic hydroxyl groups is 1. The molecule has 0 unspecified atom stereocenters. The van der Waals surface area contributed by atoms with Gasteiger partial charge in [-0.2, -0.15) is 13.2 Å². The van der Waals surface area contributed by atoms with Crippen molar-refractivity contribution in [2.75, 3.05) is 0 Å². The summed E-state index contributed by atoms with van der Waals surface area (Å²) in [4.78, 5) is 23.3. The summed E-state index contributed by atoms with van der Waals surface area (Å²) in [5.41, 5.74) is -3.00. The van der Waals surface area contributed by atoms with Gasteiger partial charge in [0.15, 0.2) is 5.56 Å². The molecule has 28 heavy (non-hydrogen) atoms. The zero-order chi connectivity index (χ0) is 17.9. The van der Waals surface area contributed by atoms with E-state index in [9.17, 15) is 27.9 Å². The third-order valence-corrected chi connectivity index (χ3v) is 5.08. The minimum atomic E-state index is -5.30. The average molecular weight is 552 g/mol. The number of halogens is 3. The van der Waals surface area contributed by atoms with E-state index >= 15 is 0 Å². The molecule has 0 bridgehead atoms. The molecule has 6 nitrogen and oxygen atoms in total. The minimum absolute atomic E-state index is 0. The van der Waals surface area contributed by atoms with Crippen molar-refractivity contribution in [1.29, 1.82) is 0 Å². The molecule has 2 aromatic carbocycles. The van der Waals surface area contributed by atoms with Crippen molar-refractivity contribution in [2.45, 2.75) is 6.18 Å². The molecule has 4 aromatic rings. The molecule has 1 radical (unpaired) electrons. The predicted octanol–water partition coefficient (Wildman–Crippen LogP) is 2.96. The molecular formula is C17H11EuF3O6S. The number of alkyl halides is 3. The van der Waals surface area contributed by atoms with Crippen molar-refractivity contribution >= 4 is 48.3 Å². The largest absolute Gasteiger partial charge is 0.506 e. The summed E-state index contributed by atoms with van der Waals surface area (Å²) in [7, 11) is 0. The van der Waals surface area contributed by atoms with Crippen molar-refractivity contribution in [2.24, 2.45) is 0 Å². The van der Waals surface area contributed by atoms with Crippen LogP contribution < -0.4 is 5.63 Å². The quantitative estimate of drug-likeness (QED) is 0.288. The molecule has 0 aliphatic heterocycles. The molecule has 2 heterocycles. The molecule has 0 spiro atoms. The molecule has 2 aromatic heterocycles. The molecule has 11 heteroatoms. The van der Waals surface area contributed by atoms with Crippen LogP contribution in [0.4, 0.5) is 13.2 Å². The van der Waals surface area contributed by atoms with Crippen LogP contribution >= 0.6 is 11.3 Å². The first-order valence-electron chi connectivity index (χ1n) is 7.00. The summed E-state index contributed by atoms with van der Waals surface area (Å²) in [6, 6.07) is 10.3. The fourth-order valence-corrected chi connectivity index (χ4v) is 4.04.